The van der Waals surface area contributed by atoms with Gasteiger partial charge in [0, 0.05) is 43.5 Å². The molecule has 0 amide bonds. The first kappa shape index (κ1) is 16.2. The lowest BCUT2D eigenvalue weighted by Gasteiger charge is -2.31. The molecule has 0 spiro atoms. The van der Waals surface area contributed by atoms with Gasteiger partial charge in [0.25, 0.3) is 0 Å². The molecule has 0 aliphatic carbocycles. The van der Waals surface area contributed by atoms with Crippen LogP contribution in [0.4, 0.5) is 0 Å². The second-order valence-electron chi connectivity index (χ2n) is 6.28. The number of hydrogen-bond donors (Lipinski definition) is 2. The fraction of sp³-hybridized carbons (Fsp3) is 0.500. The third kappa shape index (κ3) is 4.41. The van der Waals surface area contributed by atoms with Crippen LogP contribution in [0.25, 0.3) is 0 Å². The van der Waals surface area contributed by atoms with E-state index in [9.17, 15) is 0 Å². The Balaban J connectivity index is 1.69. The van der Waals surface area contributed by atoms with Crippen molar-refractivity contribution in [3.63, 3.8) is 0 Å². The molecule has 3 rings (SSSR count). The maximum atomic E-state index is 5.46. The van der Waals surface area contributed by atoms with Crippen LogP contribution in [0.2, 0.25) is 0 Å². The zero-order valence-corrected chi connectivity index (χ0v) is 14.0. The second-order valence-corrected chi connectivity index (χ2v) is 6.28. The minimum Gasteiger partial charge on any atom is -0.379 e. The molecule has 0 bridgehead atoms. The number of benzene rings is 1. The molecule has 0 radical (unpaired) electrons. The van der Waals surface area contributed by atoms with E-state index in [2.05, 4.69) is 58.5 Å². The van der Waals surface area contributed by atoms with Crippen LogP contribution in [-0.2, 0) is 11.3 Å². The van der Waals surface area contributed by atoms with Gasteiger partial charge in [0.05, 0.1) is 19.4 Å². The zero-order valence-electron chi connectivity index (χ0n) is 14.0. The van der Waals surface area contributed by atoms with Crippen molar-refractivity contribution >= 4 is 0 Å². The lowest BCUT2D eigenvalue weighted by atomic mass is 10.0. The van der Waals surface area contributed by atoms with Gasteiger partial charge in [-0.25, -0.2) is 0 Å². The SMILES string of the molecule is Cc1ccc([C@H](CN2CCOCC2)NCc2cn[nH]c2C)cc1. The van der Waals surface area contributed by atoms with Crippen LogP contribution in [0.5, 0.6) is 0 Å². The molecule has 2 aromatic rings. The average molecular weight is 314 g/mol. The number of aryl methyl sites for hydroxylation is 2. The zero-order chi connectivity index (χ0) is 16.1. The lowest BCUT2D eigenvalue weighted by molar-refractivity contribution is 0.0333. The van der Waals surface area contributed by atoms with E-state index in [0.717, 1.165) is 45.1 Å². The number of aromatic nitrogens is 2. The minimum atomic E-state index is 0.308. The summed E-state index contributed by atoms with van der Waals surface area (Å²) in [5, 5.41) is 10.8. The number of nitrogens with zero attached hydrogens (tertiary/aromatic N) is 2. The number of aromatic amines is 1. The summed E-state index contributed by atoms with van der Waals surface area (Å²) < 4.78 is 5.46. The Hall–Kier alpha value is -1.69. The number of rotatable bonds is 6. The highest BCUT2D eigenvalue weighted by atomic mass is 16.5. The van der Waals surface area contributed by atoms with Crippen molar-refractivity contribution in [1.82, 2.24) is 20.4 Å². The molecule has 0 saturated carbocycles. The summed E-state index contributed by atoms with van der Waals surface area (Å²) in [6.07, 6.45) is 1.91. The average Bonchev–Trinajstić information content (AvgIpc) is 2.98. The first-order valence-corrected chi connectivity index (χ1v) is 8.31. The standard InChI is InChI=1S/C18H26N4O/c1-14-3-5-16(6-4-14)18(13-22-7-9-23-10-8-22)19-11-17-12-20-21-15(17)2/h3-6,12,18-19H,7-11,13H2,1-2H3,(H,20,21)/t18-/m0/s1. The highest BCUT2D eigenvalue weighted by Crippen LogP contribution is 2.17. The van der Waals surface area contributed by atoms with Crippen LogP contribution in [0.15, 0.2) is 30.5 Å². The summed E-state index contributed by atoms with van der Waals surface area (Å²) in [4.78, 5) is 2.48. The van der Waals surface area contributed by atoms with E-state index < -0.39 is 0 Å². The Morgan fingerprint density at radius 2 is 1.96 bits per heavy atom. The Labute approximate surface area is 138 Å². The van der Waals surface area contributed by atoms with Gasteiger partial charge in [-0.05, 0) is 19.4 Å². The molecule has 5 nitrogen and oxygen atoms in total. The number of nitrogens with one attached hydrogen (secondary N) is 2. The molecule has 1 aromatic heterocycles. The van der Waals surface area contributed by atoms with Crippen molar-refractivity contribution in [2.75, 3.05) is 32.8 Å². The third-order valence-corrected chi connectivity index (χ3v) is 4.50. The van der Waals surface area contributed by atoms with Crippen molar-refractivity contribution < 1.29 is 4.74 Å². The molecule has 1 aliphatic heterocycles. The molecular weight excluding hydrogens is 288 g/mol. The number of H-pyrrole nitrogens is 1. The maximum absolute atomic E-state index is 5.46. The van der Waals surface area contributed by atoms with Gasteiger partial charge in [-0.15, -0.1) is 0 Å². The largest absolute Gasteiger partial charge is 0.379 e. The second kappa shape index (κ2) is 7.73. The number of hydrogen-bond acceptors (Lipinski definition) is 4. The summed E-state index contributed by atoms with van der Waals surface area (Å²) >= 11 is 0. The smallest absolute Gasteiger partial charge is 0.0594 e. The van der Waals surface area contributed by atoms with E-state index in [-0.39, 0.29) is 0 Å². The molecule has 1 saturated heterocycles. The molecule has 2 heterocycles. The highest BCUT2D eigenvalue weighted by molar-refractivity contribution is 5.25. The van der Waals surface area contributed by atoms with Gasteiger partial charge in [-0.1, -0.05) is 29.8 Å². The molecule has 1 aromatic carbocycles. The molecule has 1 fully saturated rings. The third-order valence-electron chi connectivity index (χ3n) is 4.50. The van der Waals surface area contributed by atoms with Crippen LogP contribution in [-0.4, -0.2) is 47.9 Å². The fourth-order valence-electron chi connectivity index (χ4n) is 2.92. The van der Waals surface area contributed by atoms with E-state index >= 15 is 0 Å². The Kier molecular flexibility index (Phi) is 5.43. The van der Waals surface area contributed by atoms with E-state index in [1.807, 2.05) is 6.20 Å². The van der Waals surface area contributed by atoms with Crippen molar-refractivity contribution in [3.05, 3.63) is 52.8 Å². The highest BCUT2D eigenvalue weighted by Gasteiger charge is 2.18. The van der Waals surface area contributed by atoms with E-state index in [0.29, 0.717) is 6.04 Å². The van der Waals surface area contributed by atoms with E-state index in [4.69, 9.17) is 4.74 Å². The normalized spacial score (nSPS) is 17.3. The molecule has 23 heavy (non-hydrogen) atoms. The van der Waals surface area contributed by atoms with E-state index in [1.54, 1.807) is 0 Å². The lowest BCUT2D eigenvalue weighted by Crippen LogP contribution is -2.41. The van der Waals surface area contributed by atoms with Crippen LogP contribution in [0.1, 0.15) is 28.4 Å². The fourth-order valence-corrected chi connectivity index (χ4v) is 2.92. The molecular formula is C18H26N4O. The minimum absolute atomic E-state index is 0.308. The molecule has 1 aliphatic rings. The van der Waals surface area contributed by atoms with Gasteiger partial charge in [-0.2, -0.15) is 5.10 Å². The van der Waals surface area contributed by atoms with Crippen molar-refractivity contribution in [1.29, 1.82) is 0 Å². The molecule has 5 heteroatoms. The Morgan fingerprint density at radius 3 is 2.61 bits per heavy atom. The summed E-state index contributed by atoms with van der Waals surface area (Å²) in [7, 11) is 0. The van der Waals surface area contributed by atoms with Gasteiger partial charge in [0.1, 0.15) is 0 Å². The van der Waals surface area contributed by atoms with E-state index in [1.165, 1.54) is 16.7 Å². The topological polar surface area (TPSA) is 53.2 Å². The quantitative estimate of drug-likeness (QED) is 0.858. The Bertz CT molecular complexity index is 602. The predicted octanol–water partition coefficient (Wildman–Crippen LogP) is 2.19. The summed E-state index contributed by atoms with van der Waals surface area (Å²) in [5.74, 6) is 0. The first-order valence-electron chi connectivity index (χ1n) is 8.31. The van der Waals surface area contributed by atoms with Crippen molar-refractivity contribution in [2.24, 2.45) is 0 Å². The Morgan fingerprint density at radius 1 is 1.22 bits per heavy atom. The van der Waals surface area contributed by atoms with Gasteiger partial charge < -0.3 is 10.1 Å². The van der Waals surface area contributed by atoms with Gasteiger partial charge in [0.2, 0.25) is 0 Å². The van der Waals surface area contributed by atoms with Crippen LogP contribution < -0.4 is 5.32 Å². The predicted molar refractivity (Wildman–Crippen MR) is 91.3 cm³/mol. The summed E-state index contributed by atoms with van der Waals surface area (Å²) in [5.41, 5.74) is 4.99. The monoisotopic (exact) mass is 314 g/mol. The van der Waals surface area contributed by atoms with Crippen molar-refractivity contribution in [2.45, 2.75) is 26.4 Å². The number of morpholine rings is 1. The van der Waals surface area contributed by atoms with Crippen LogP contribution in [0, 0.1) is 13.8 Å². The molecule has 2 N–H and O–H groups in total. The molecule has 1 atom stereocenters. The summed E-state index contributed by atoms with van der Waals surface area (Å²) in [6, 6.07) is 9.15. The summed E-state index contributed by atoms with van der Waals surface area (Å²) in [6.45, 7) is 9.71. The maximum Gasteiger partial charge on any atom is 0.0594 e. The first-order chi connectivity index (χ1) is 11.2. The van der Waals surface area contributed by atoms with Gasteiger partial charge in [0.15, 0.2) is 0 Å². The molecule has 124 valence electrons. The number of ether oxygens (including phenoxy) is 1. The van der Waals surface area contributed by atoms with Crippen molar-refractivity contribution in [3.8, 4) is 0 Å². The van der Waals surface area contributed by atoms with Gasteiger partial charge in [-0.3, -0.25) is 10.00 Å². The van der Waals surface area contributed by atoms with Crippen LogP contribution in [0.3, 0.4) is 0 Å². The molecule has 0 unspecified atom stereocenters. The van der Waals surface area contributed by atoms with Crippen LogP contribution >= 0.6 is 0 Å². The van der Waals surface area contributed by atoms with Gasteiger partial charge >= 0.3 is 0 Å².